The molecule has 5 nitrogen and oxygen atoms in total. The zero-order valence-corrected chi connectivity index (χ0v) is 10.2. The quantitative estimate of drug-likeness (QED) is 0.706. The smallest absolute Gasteiger partial charge is 0.326 e. The van der Waals surface area contributed by atoms with Crippen molar-refractivity contribution in [3.05, 3.63) is 35.9 Å². The highest BCUT2D eigenvalue weighted by atomic mass is 16.4. The molecule has 0 aliphatic carbocycles. The second kappa shape index (κ2) is 6.76. The molecular formula is C13H17NO4. The van der Waals surface area contributed by atoms with Crippen molar-refractivity contribution in [1.29, 1.82) is 0 Å². The standard InChI is InChI=1S/C13H17NO4/c1-2-6-10(13(17)18)14-12(16)11(15)9-7-4-3-5-8-9/h3-5,7-8,10-11,15H,2,6H2,1H3,(H,14,16)(H,17,18)/t10-,11-/m0/s1. The van der Waals surface area contributed by atoms with Gasteiger partial charge in [0.1, 0.15) is 6.04 Å². The maximum atomic E-state index is 11.7. The molecular weight excluding hydrogens is 234 g/mol. The minimum Gasteiger partial charge on any atom is -0.480 e. The van der Waals surface area contributed by atoms with Gasteiger partial charge in [-0.1, -0.05) is 43.7 Å². The summed E-state index contributed by atoms with van der Waals surface area (Å²) in [5.41, 5.74) is 0.440. The number of aliphatic carboxylic acids is 1. The van der Waals surface area contributed by atoms with Gasteiger partial charge in [0.2, 0.25) is 0 Å². The summed E-state index contributed by atoms with van der Waals surface area (Å²) in [5, 5.41) is 21.0. The number of carboxylic acid groups (broad SMARTS) is 1. The number of hydrogen-bond acceptors (Lipinski definition) is 3. The summed E-state index contributed by atoms with van der Waals surface area (Å²) in [6.45, 7) is 1.83. The van der Waals surface area contributed by atoms with Crippen LogP contribution in [0, 0.1) is 0 Å². The molecule has 0 aliphatic heterocycles. The fraction of sp³-hybridized carbons (Fsp3) is 0.385. The van der Waals surface area contributed by atoms with Crippen LogP contribution in [-0.2, 0) is 9.59 Å². The minimum absolute atomic E-state index is 0.336. The van der Waals surface area contributed by atoms with Crippen LogP contribution >= 0.6 is 0 Å². The predicted molar refractivity (Wildman–Crippen MR) is 65.9 cm³/mol. The first-order chi connectivity index (χ1) is 8.56. The SMILES string of the molecule is CCC[C@H](NC(=O)[C@@H](O)c1ccccc1)C(=O)O. The van der Waals surface area contributed by atoms with Gasteiger partial charge in [-0.05, 0) is 12.0 Å². The topological polar surface area (TPSA) is 86.6 Å². The normalized spacial score (nSPS) is 13.7. The van der Waals surface area contributed by atoms with E-state index in [0.29, 0.717) is 18.4 Å². The van der Waals surface area contributed by atoms with Crippen LogP contribution in [0.3, 0.4) is 0 Å². The number of aliphatic hydroxyl groups is 1. The van der Waals surface area contributed by atoms with Crippen LogP contribution < -0.4 is 5.32 Å². The number of carboxylic acids is 1. The lowest BCUT2D eigenvalue weighted by Gasteiger charge is -2.16. The molecule has 0 bridgehead atoms. The molecule has 0 unspecified atom stereocenters. The Hall–Kier alpha value is -1.88. The third-order valence-corrected chi connectivity index (χ3v) is 2.56. The molecule has 0 spiro atoms. The zero-order chi connectivity index (χ0) is 13.5. The summed E-state index contributed by atoms with van der Waals surface area (Å²) >= 11 is 0. The number of benzene rings is 1. The number of carbonyl (C=O) groups excluding carboxylic acids is 1. The van der Waals surface area contributed by atoms with E-state index in [0.717, 1.165) is 0 Å². The van der Waals surface area contributed by atoms with E-state index in [1.165, 1.54) is 0 Å². The van der Waals surface area contributed by atoms with Crippen LogP contribution in [0.25, 0.3) is 0 Å². The number of rotatable bonds is 6. The van der Waals surface area contributed by atoms with Crippen LogP contribution in [0.1, 0.15) is 31.4 Å². The first kappa shape index (κ1) is 14.2. The van der Waals surface area contributed by atoms with Gasteiger partial charge in [-0.25, -0.2) is 4.79 Å². The van der Waals surface area contributed by atoms with Gasteiger partial charge in [0.25, 0.3) is 5.91 Å². The van der Waals surface area contributed by atoms with Crippen LogP contribution in [0.4, 0.5) is 0 Å². The maximum Gasteiger partial charge on any atom is 0.326 e. The van der Waals surface area contributed by atoms with E-state index in [4.69, 9.17) is 5.11 Å². The molecule has 0 fully saturated rings. The summed E-state index contributed by atoms with van der Waals surface area (Å²) in [4.78, 5) is 22.6. The molecule has 3 N–H and O–H groups in total. The third kappa shape index (κ3) is 3.85. The lowest BCUT2D eigenvalue weighted by Crippen LogP contribution is -2.42. The fourth-order valence-electron chi connectivity index (χ4n) is 1.58. The van der Waals surface area contributed by atoms with E-state index in [9.17, 15) is 14.7 Å². The Bertz CT molecular complexity index is 405. The van der Waals surface area contributed by atoms with Gasteiger partial charge in [0.15, 0.2) is 6.10 Å². The van der Waals surface area contributed by atoms with Crippen molar-refractivity contribution in [1.82, 2.24) is 5.32 Å². The van der Waals surface area contributed by atoms with Crippen molar-refractivity contribution in [3.8, 4) is 0 Å². The predicted octanol–water partition coefficient (Wildman–Crippen LogP) is 1.09. The molecule has 1 rings (SSSR count). The molecule has 1 aromatic carbocycles. The molecule has 98 valence electrons. The zero-order valence-electron chi connectivity index (χ0n) is 10.2. The van der Waals surface area contributed by atoms with E-state index in [2.05, 4.69) is 5.32 Å². The van der Waals surface area contributed by atoms with Gasteiger partial charge in [-0.15, -0.1) is 0 Å². The highest BCUT2D eigenvalue weighted by molar-refractivity contribution is 5.86. The van der Waals surface area contributed by atoms with Crippen molar-refractivity contribution in [2.75, 3.05) is 0 Å². The Labute approximate surface area is 105 Å². The number of amides is 1. The molecule has 0 heterocycles. The lowest BCUT2D eigenvalue weighted by atomic mass is 10.1. The monoisotopic (exact) mass is 251 g/mol. The Balaban J connectivity index is 2.67. The third-order valence-electron chi connectivity index (χ3n) is 2.56. The van der Waals surface area contributed by atoms with Gasteiger partial charge in [-0.2, -0.15) is 0 Å². The van der Waals surface area contributed by atoms with E-state index >= 15 is 0 Å². The van der Waals surface area contributed by atoms with Crippen molar-refractivity contribution in [3.63, 3.8) is 0 Å². The fourth-order valence-corrected chi connectivity index (χ4v) is 1.58. The van der Waals surface area contributed by atoms with Crippen LogP contribution in [0.15, 0.2) is 30.3 Å². The first-order valence-electron chi connectivity index (χ1n) is 5.82. The number of carbonyl (C=O) groups is 2. The Morgan fingerprint density at radius 2 is 1.89 bits per heavy atom. The van der Waals surface area contributed by atoms with E-state index < -0.39 is 24.0 Å². The maximum absolute atomic E-state index is 11.7. The first-order valence-corrected chi connectivity index (χ1v) is 5.82. The summed E-state index contributed by atoms with van der Waals surface area (Å²) in [7, 11) is 0. The summed E-state index contributed by atoms with van der Waals surface area (Å²) in [5.74, 6) is -1.78. The summed E-state index contributed by atoms with van der Waals surface area (Å²) in [6, 6.07) is 7.44. The van der Waals surface area contributed by atoms with E-state index in [-0.39, 0.29) is 0 Å². The molecule has 0 saturated carbocycles. The van der Waals surface area contributed by atoms with E-state index in [1.807, 2.05) is 6.92 Å². The largest absolute Gasteiger partial charge is 0.480 e. The minimum atomic E-state index is -1.34. The highest BCUT2D eigenvalue weighted by Crippen LogP contribution is 2.12. The van der Waals surface area contributed by atoms with Gasteiger partial charge in [0.05, 0.1) is 0 Å². The molecule has 18 heavy (non-hydrogen) atoms. The van der Waals surface area contributed by atoms with Crippen LogP contribution in [0.2, 0.25) is 0 Å². The second-order valence-corrected chi connectivity index (χ2v) is 4.00. The van der Waals surface area contributed by atoms with Crippen LogP contribution in [-0.4, -0.2) is 28.1 Å². The van der Waals surface area contributed by atoms with Crippen LogP contribution in [0.5, 0.6) is 0 Å². The average Bonchev–Trinajstić information content (AvgIpc) is 2.38. The number of aliphatic hydroxyl groups excluding tert-OH is 1. The average molecular weight is 251 g/mol. The van der Waals surface area contributed by atoms with Gasteiger partial charge in [0, 0.05) is 0 Å². The van der Waals surface area contributed by atoms with E-state index in [1.54, 1.807) is 30.3 Å². The number of hydrogen-bond donors (Lipinski definition) is 3. The molecule has 0 aromatic heterocycles. The molecule has 0 aliphatic rings. The van der Waals surface area contributed by atoms with Crippen molar-refractivity contribution < 1.29 is 19.8 Å². The van der Waals surface area contributed by atoms with Crippen molar-refractivity contribution >= 4 is 11.9 Å². The molecule has 1 aromatic rings. The van der Waals surface area contributed by atoms with Crippen molar-refractivity contribution in [2.24, 2.45) is 0 Å². The van der Waals surface area contributed by atoms with Gasteiger partial charge >= 0.3 is 5.97 Å². The Morgan fingerprint density at radius 3 is 2.39 bits per heavy atom. The molecule has 2 atom stereocenters. The highest BCUT2D eigenvalue weighted by Gasteiger charge is 2.23. The molecule has 5 heteroatoms. The van der Waals surface area contributed by atoms with Gasteiger partial charge < -0.3 is 15.5 Å². The summed E-state index contributed by atoms with van der Waals surface area (Å²) < 4.78 is 0. The Kier molecular flexibility index (Phi) is 5.32. The van der Waals surface area contributed by atoms with Gasteiger partial charge in [-0.3, -0.25) is 4.79 Å². The second-order valence-electron chi connectivity index (χ2n) is 4.00. The lowest BCUT2D eigenvalue weighted by molar-refractivity contribution is -0.143. The molecule has 1 amide bonds. The summed E-state index contributed by atoms with van der Waals surface area (Å²) in [6.07, 6.45) is -0.369. The molecule has 0 saturated heterocycles. The molecule has 0 radical (unpaired) electrons. The van der Waals surface area contributed by atoms with Crippen molar-refractivity contribution in [2.45, 2.75) is 31.9 Å². The number of nitrogens with one attached hydrogen (secondary N) is 1. The Morgan fingerprint density at radius 1 is 1.28 bits per heavy atom.